The van der Waals surface area contributed by atoms with E-state index in [0.717, 1.165) is 25.8 Å². The van der Waals surface area contributed by atoms with Crippen molar-refractivity contribution < 1.29 is 4.79 Å². The Morgan fingerprint density at radius 1 is 1.50 bits per heavy atom. The lowest BCUT2D eigenvalue weighted by atomic mass is 9.87. The third-order valence-electron chi connectivity index (χ3n) is 3.68. The Morgan fingerprint density at radius 2 is 2.25 bits per heavy atom. The fourth-order valence-electron chi connectivity index (χ4n) is 2.28. The summed E-state index contributed by atoms with van der Waals surface area (Å²) in [6, 6.07) is 0.599. The second-order valence-corrected chi connectivity index (χ2v) is 5.96. The Balaban J connectivity index is 2.31. The molecule has 0 radical (unpaired) electrons. The summed E-state index contributed by atoms with van der Waals surface area (Å²) in [5.41, 5.74) is 0. The van der Waals surface area contributed by atoms with Crippen LogP contribution in [-0.2, 0) is 4.79 Å². The summed E-state index contributed by atoms with van der Waals surface area (Å²) in [6.45, 7) is 3.23. The van der Waals surface area contributed by atoms with E-state index >= 15 is 0 Å². The number of nitrogens with zero attached hydrogens (tertiary/aromatic N) is 1. The van der Waals surface area contributed by atoms with Crippen LogP contribution in [0, 0.1) is 5.92 Å². The van der Waals surface area contributed by atoms with Gasteiger partial charge in [0, 0.05) is 24.9 Å². The Morgan fingerprint density at radius 3 is 2.88 bits per heavy atom. The highest BCUT2D eigenvalue weighted by atomic mass is 32.2. The molecule has 1 rings (SSSR count). The van der Waals surface area contributed by atoms with Crippen LogP contribution < -0.4 is 0 Å². The van der Waals surface area contributed by atoms with Crippen molar-refractivity contribution in [3.8, 4) is 0 Å². The van der Waals surface area contributed by atoms with Gasteiger partial charge < -0.3 is 4.90 Å². The lowest BCUT2D eigenvalue weighted by Crippen LogP contribution is -2.37. The van der Waals surface area contributed by atoms with E-state index in [0.29, 0.717) is 17.7 Å². The van der Waals surface area contributed by atoms with Crippen molar-refractivity contribution in [2.24, 2.45) is 5.92 Å². The fourth-order valence-corrected chi connectivity index (χ4v) is 2.86. The largest absolute Gasteiger partial charge is 0.303 e. The molecule has 2 unspecified atom stereocenters. The monoisotopic (exact) mass is 243 g/mol. The minimum absolute atomic E-state index is 0.315. The summed E-state index contributed by atoms with van der Waals surface area (Å²) in [6.07, 6.45) is 7.65. The molecule has 0 saturated heterocycles. The number of hydrogen-bond donors (Lipinski definition) is 0. The van der Waals surface area contributed by atoms with Crippen molar-refractivity contribution >= 4 is 17.5 Å². The number of ketones is 1. The summed E-state index contributed by atoms with van der Waals surface area (Å²) in [5, 5.41) is 0. The van der Waals surface area contributed by atoms with Gasteiger partial charge in [0.05, 0.1) is 0 Å². The first-order valence-corrected chi connectivity index (χ1v) is 7.76. The molecule has 0 amide bonds. The second-order valence-electron chi connectivity index (χ2n) is 4.98. The molecular weight excluding hydrogens is 218 g/mol. The summed E-state index contributed by atoms with van der Waals surface area (Å²) in [4.78, 5) is 14.1. The van der Waals surface area contributed by atoms with Crippen LogP contribution in [0.25, 0.3) is 0 Å². The molecule has 1 aliphatic carbocycles. The topological polar surface area (TPSA) is 20.3 Å². The van der Waals surface area contributed by atoms with Gasteiger partial charge in [-0.15, -0.1) is 0 Å². The predicted octanol–water partition coefficient (Wildman–Crippen LogP) is 2.82. The zero-order valence-corrected chi connectivity index (χ0v) is 11.7. The number of carbonyl (C=O) groups is 1. The quantitative estimate of drug-likeness (QED) is 0.715. The summed E-state index contributed by atoms with van der Waals surface area (Å²) in [5.74, 6) is 2.02. The van der Waals surface area contributed by atoms with Gasteiger partial charge in [0.15, 0.2) is 0 Å². The van der Waals surface area contributed by atoms with Gasteiger partial charge in [-0.3, -0.25) is 4.79 Å². The fraction of sp³-hybridized carbons (Fsp3) is 0.923. The summed E-state index contributed by atoms with van der Waals surface area (Å²) in [7, 11) is 2.16. The van der Waals surface area contributed by atoms with Gasteiger partial charge in [0.2, 0.25) is 0 Å². The van der Waals surface area contributed by atoms with Crippen LogP contribution in [0.2, 0.25) is 0 Å². The van der Waals surface area contributed by atoms with E-state index in [-0.39, 0.29) is 0 Å². The molecule has 94 valence electrons. The molecule has 0 bridgehead atoms. The van der Waals surface area contributed by atoms with Crippen molar-refractivity contribution in [1.82, 2.24) is 4.90 Å². The molecule has 0 spiro atoms. The van der Waals surface area contributed by atoms with Crippen LogP contribution >= 0.6 is 11.8 Å². The minimum atomic E-state index is 0.315. The third kappa shape index (κ3) is 4.46. The third-order valence-corrected chi connectivity index (χ3v) is 4.33. The van der Waals surface area contributed by atoms with Gasteiger partial charge in [0.1, 0.15) is 5.78 Å². The first-order chi connectivity index (χ1) is 7.65. The summed E-state index contributed by atoms with van der Waals surface area (Å²) >= 11 is 1.90. The van der Waals surface area contributed by atoms with Crippen molar-refractivity contribution in [3.63, 3.8) is 0 Å². The Bertz CT molecular complexity index is 220. The molecule has 0 heterocycles. The first kappa shape index (κ1) is 14.0. The van der Waals surface area contributed by atoms with Crippen LogP contribution in [0.1, 0.15) is 39.0 Å². The standard InChI is InChI=1S/C13H25NOS/c1-11(8-9-16-3)14(2)10-12-6-4-5-7-13(12)15/h11-12H,4-10H2,1-3H3. The predicted molar refractivity (Wildman–Crippen MR) is 72.1 cm³/mol. The number of Topliss-reactive ketones (excluding diaryl/α,β-unsaturated/α-hetero) is 1. The number of hydrogen-bond acceptors (Lipinski definition) is 3. The molecule has 1 saturated carbocycles. The van der Waals surface area contributed by atoms with E-state index in [1.165, 1.54) is 18.6 Å². The maximum Gasteiger partial charge on any atom is 0.137 e. The zero-order valence-electron chi connectivity index (χ0n) is 10.9. The van der Waals surface area contributed by atoms with Crippen molar-refractivity contribution in [2.45, 2.75) is 45.1 Å². The van der Waals surface area contributed by atoms with E-state index in [9.17, 15) is 4.79 Å². The number of rotatable bonds is 6. The highest BCUT2D eigenvalue weighted by Crippen LogP contribution is 2.22. The van der Waals surface area contributed by atoms with Crippen LogP contribution in [0.5, 0.6) is 0 Å². The molecule has 0 aliphatic heterocycles. The number of carbonyl (C=O) groups excluding carboxylic acids is 1. The van der Waals surface area contributed by atoms with Gasteiger partial charge in [0.25, 0.3) is 0 Å². The van der Waals surface area contributed by atoms with E-state index in [2.05, 4.69) is 25.1 Å². The van der Waals surface area contributed by atoms with Gasteiger partial charge >= 0.3 is 0 Å². The molecule has 0 N–H and O–H groups in total. The normalized spacial score (nSPS) is 23.8. The van der Waals surface area contributed by atoms with Crippen LogP contribution in [0.3, 0.4) is 0 Å². The van der Waals surface area contributed by atoms with Crippen LogP contribution in [-0.4, -0.2) is 42.3 Å². The second kappa shape index (κ2) is 7.33. The SMILES string of the molecule is CSCCC(C)N(C)CC1CCCCC1=O. The summed E-state index contributed by atoms with van der Waals surface area (Å²) < 4.78 is 0. The van der Waals surface area contributed by atoms with Gasteiger partial charge in [-0.25, -0.2) is 0 Å². The molecule has 1 aliphatic rings. The average molecular weight is 243 g/mol. The minimum Gasteiger partial charge on any atom is -0.303 e. The molecular formula is C13H25NOS. The van der Waals surface area contributed by atoms with Gasteiger partial charge in [-0.1, -0.05) is 6.42 Å². The Labute approximate surface area is 104 Å². The Hall–Kier alpha value is -0.0200. The highest BCUT2D eigenvalue weighted by molar-refractivity contribution is 7.98. The molecule has 2 nitrogen and oxygen atoms in total. The number of thioether (sulfide) groups is 1. The molecule has 3 heteroatoms. The Kier molecular flexibility index (Phi) is 6.44. The van der Waals surface area contributed by atoms with Gasteiger partial charge in [-0.2, -0.15) is 11.8 Å². The highest BCUT2D eigenvalue weighted by Gasteiger charge is 2.24. The van der Waals surface area contributed by atoms with E-state index < -0.39 is 0 Å². The van der Waals surface area contributed by atoms with E-state index in [1.54, 1.807) is 0 Å². The maximum absolute atomic E-state index is 11.7. The van der Waals surface area contributed by atoms with Crippen molar-refractivity contribution in [2.75, 3.05) is 25.6 Å². The van der Waals surface area contributed by atoms with E-state index in [4.69, 9.17) is 0 Å². The smallest absolute Gasteiger partial charge is 0.137 e. The first-order valence-electron chi connectivity index (χ1n) is 6.37. The molecule has 0 aromatic carbocycles. The zero-order chi connectivity index (χ0) is 12.0. The lowest BCUT2D eigenvalue weighted by molar-refractivity contribution is -0.125. The van der Waals surface area contributed by atoms with Gasteiger partial charge in [-0.05, 0) is 45.2 Å². The molecule has 2 atom stereocenters. The van der Waals surface area contributed by atoms with E-state index in [1.807, 2.05) is 11.8 Å². The molecule has 0 aromatic rings. The van der Waals surface area contributed by atoms with Crippen molar-refractivity contribution in [1.29, 1.82) is 0 Å². The molecule has 1 fully saturated rings. The van der Waals surface area contributed by atoms with Crippen LogP contribution in [0.4, 0.5) is 0 Å². The van der Waals surface area contributed by atoms with Crippen LogP contribution in [0.15, 0.2) is 0 Å². The molecule has 0 aromatic heterocycles. The van der Waals surface area contributed by atoms with Crippen molar-refractivity contribution in [3.05, 3.63) is 0 Å². The lowest BCUT2D eigenvalue weighted by Gasteiger charge is -2.30. The molecule has 16 heavy (non-hydrogen) atoms. The maximum atomic E-state index is 11.7. The average Bonchev–Trinajstić information content (AvgIpc) is 2.28.